The summed E-state index contributed by atoms with van der Waals surface area (Å²) in [6.45, 7) is 0. The predicted octanol–water partition coefficient (Wildman–Crippen LogP) is 4.12. The molecule has 0 aliphatic heterocycles. The smallest absolute Gasteiger partial charge is 0.139 e. The molecule has 0 spiro atoms. The topological polar surface area (TPSA) is 26.3 Å². The van der Waals surface area contributed by atoms with Gasteiger partial charge in [0.1, 0.15) is 5.78 Å². The van der Waals surface area contributed by atoms with Crippen LogP contribution in [0.2, 0.25) is 0 Å². The van der Waals surface area contributed by atoms with Gasteiger partial charge >= 0.3 is 0 Å². The minimum Gasteiger partial charge on any atom is -0.381 e. The van der Waals surface area contributed by atoms with E-state index in [1.165, 1.54) is 32.1 Å². The summed E-state index contributed by atoms with van der Waals surface area (Å²) in [5.41, 5.74) is 0. The quantitative estimate of drug-likeness (QED) is 0.755. The molecule has 2 fully saturated rings. The van der Waals surface area contributed by atoms with Gasteiger partial charge in [0.05, 0.1) is 6.10 Å². The third-order valence-electron chi connectivity index (χ3n) is 4.92. The summed E-state index contributed by atoms with van der Waals surface area (Å²) in [6.07, 6.45) is 13.6. The van der Waals surface area contributed by atoms with Crippen LogP contribution in [-0.4, -0.2) is 19.0 Å². The Balaban J connectivity index is 1.82. The summed E-state index contributed by atoms with van der Waals surface area (Å²) in [7, 11) is 1.79. The molecule has 2 heteroatoms. The summed E-state index contributed by atoms with van der Waals surface area (Å²) < 4.78 is 5.39. The van der Waals surface area contributed by atoms with E-state index in [-0.39, 0.29) is 0 Å². The van der Waals surface area contributed by atoms with Crippen LogP contribution in [0.15, 0.2) is 0 Å². The molecular formula is C16H28O2. The van der Waals surface area contributed by atoms with E-state index in [1.54, 1.807) is 7.11 Å². The van der Waals surface area contributed by atoms with Crippen molar-refractivity contribution in [3.63, 3.8) is 0 Å². The summed E-state index contributed by atoms with van der Waals surface area (Å²) in [6, 6.07) is 0. The van der Waals surface area contributed by atoms with Crippen molar-refractivity contribution in [2.45, 2.75) is 76.7 Å². The van der Waals surface area contributed by atoms with Crippen molar-refractivity contribution in [1.29, 1.82) is 0 Å². The number of hydrogen-bond acceptors (Lipinski definition) is 2. The normalized spacial score (nSPS) is 31.6. The second-order valence-corrected chi connectivity index (χ2v) is 6.15. The van der Waals surface area contributed by atoms with Crippen LogP contribution in [-0.2, 0) is 9.53 Å². The first-order valence-electron chi connectivity index (χ1n) is 7.87. The van der Waals surface area contributed by atoms with Crippen LogP contribution in [0, 0.1) is 11.8 Å². The van der Waals surface area contributed by atoms with E-state index < -0.39 is 0 Å². The third kappa shape index (κ3) is 3.81. The van der Waals surface area contributed by atoms with Gasteiger partial charge in [-0.25, -0.2) is 0 Å². The van der Waals surface area contributed by atoms with Crippen molar-refractivity contribution < 1.29 is 9.53 Å². The zero-order valence-electron chi connectivity index (χ0n) is 11.8. The molecule has 0 unspecified atom stereocenters. The molecule has 0 aromatic rings. The SMILES string of the molecule is COC1CCC(C(=O)C2CCCCCCC2)CC1. The van der Waals surface area contributed by atoms with Crippen molar-refractivity contribution >= 4 is 5.78 Å². The summed E-state index contributed by atoms with van der Waals surface area (Å²) in [4.78, 5) is 12.6. The summed E-state index contributed by atoms with van der Waals surface area (Å²) in [5.74, 6) is 1.32. The van der Waals surface area contributed by atoms with Crippen molar-refractivity contribution in [2.75, 3.05) is 7.11 Å². The summed E-state index contributed by atoms with van der Waals surface area (Å²) >= 11 is 0. The molecule has 2 aliphatic rings. The van der Waals surface area contributed by atoms with E-state index in [9.17, 15) is 4.79 Å². The lowest BCUT2D eigenvalue weighted by Gasteiger charge is -2.29. The highest BCUT2D eigenvalue weighted by atomic mass is 16.5. The van der Waals surface area contributed by atoms with Crippen LogP contribution in [0.3, 0.4) is 0 Å². The third-order valence-corrected chi connectivity index (χ3v) is 4.92. The molecule has 0 heterocycles. The molecule has 104 valence electrons. The lowest BCUT2D eigenvalue weighted by atomic mass is 9.77. The van der Waals surface area contributed by atoms with Crippen molar-refractivity contribution in [2.24, 2.45) is 11.8 Å². The molecule has 2 aliphatic carbocycles. The molecule has 0 aromatic heterocycles. The Kier molecular flexibility index (Phi) is 5.68. The predicted molar refractivity (Wildman–Crippen MR) is 73.6 cm³/mol. The fraction of sp³-hybridized carbons (Fsp3) is 0.938. The highest BCUT2D eigenvalue weighted by molar-refractivity contribution is 5.83. The first-order valence-corrected chi connectivity index (χ1v) is 7.87. The minimum absolute atomic E-state index is 0.348. The molecule has 2 saturated carbocycles. The maximum Gasteiger partial charge on any atom is 0.139 e. The van der Waals surface area contributed by atoms with Gasteiger partial charge in [-0.3, -0.25) is 4.79 Å². The standard InChI is InChI=1S/C16H28O2/c1-18-15-11-9-14(10-12-15)16(17)13-7-5-3-2-4-6-8-13/h13-15H,2-12H2,1H3. The fourth-order valence-electron chi connectivity index (χ4n) is 3.66. The lowest BCUT2D eigenvalue weighted by molar-refractivity contribution is -0.129. The minimum atomic E-state index is 0.348. The molecule has 2 nitrogen and oxygen atoms in total. The second kappa shape index (κ2) is 7.28. The number of Topliss-reactive ketones (excluding diaryl/α,β-unsaturated/α-hetero) is 1. The van der Waals surface area contributed by atoms with Gasteiger partial charge in [0.15, 0.2) is 0 Å². The second-order valence-electron chi connectivity index (χ2n) is 6.15. The zero-order chi connectivity index (χ0) is 12.8. The van der Waals surface area contributed by atoms with Crippen LogP contribution in [0.4, 0.5) is 0 Å². The van der Waals surface area contributed by atoms with E-state index in [4.69, 9.17) is 4.74 Å². The van der Waals surface area contributed by atoms with E-state index in [0.717, 1.165) is 38.5 Å². The van der Waals surface area contributed by atoms with Gasteiger partial charge in [-0.2, -0.15) is 0 Å². The van der Waals surface area contributed by atoms with Crippen LogP contribution in [0.5, 0.6) is 0 Å². The monoisotopic (exact) mass is 252 g/mol. The van der Waals surface area contributed by atoms with Crippen LogP contribution in [0.25, 0.3) is 0 Å². The number of carbonyl (C=O) groups excluding carboxylic acids is 1. The van der Waals surface area contributed by atoms with Gasteiger partial charge in [-0.1, -0.05) is 32.1 Å². The Morgan fingerprint density at radius 2 is 1.28 bits per heavy atom. The average molecular weight is 252 g/mol. The molecule has 0 atom stereocenters. The number of ketones is 1. The van der Waals surface area contributed by atoms with Crippen molar-refractivity contribution in [3.05, 3.63) is 0 Å². The molecule has 0 N–H and O–H groups in total. The molecule has 2 rings (SSSR count). The van der Waals surface area contributed by atoms with E-state index in [1.807, 2.05) is 0 Å². The number of carbonyl (C=O) groups is 1. The molecule has 0 radical (unpaired) electrons. The highest BCUT2D eigenvalue weighted by Gasteiger charge is 2.30. The van der Waals surface area contributed by atoms with E-state index in [0.29, 0.717) is 23.7 Å². The maximum atomic E-state index is 12.6. The first kappa shape index (κ1) is 14.0. The lowest BCUT2D eigenvalue weighted by Crippen LogP contribution is -2.30. The number of ether oxygens (including phenoxy) is 1. The molecule has 0 saturated heterocycles. The number of rotatable bonds is 3. The molecule has 0 bridgehead atoms. The highest BCUT2D eigenvalue weighted by Crippen LogP contribution is 2.32. The Hall–Kier alpha value is -0.370. The van der Waals surface area contributed by atoms with Gasteiger partial charge in [-0.15, -0.1) is 0 Å². The van der Waals surface area contributed by atoms with Crippen molar-refractivity contribution in [3.8, 4) is 0 Å². The van der Waals surface area contributed by atoms with E-state index >= 15 is 0 Å². The van der Waals surface area contributed by atoms with Crippen LogP contribution >= 0.6 is 0 Å². The Morgan fingerprint density at radius 3 is 1.83 bits per heavy atom. The Morgan fingerprint density at radius 1 is 0.778 bits per heavy atom. The largest absolute Gasteiger partial charge is 0.381 e. The Labute approximate surface area is 111 Å². The van der Waals surface area contributed by atoms with Gasteiger partial charge in [0.2, 0.25) is 0 Å². The summed E-state index contributed by atoms with van der Waals surface area (Å²) in [5, 5.41) is 0. The fourth-order valence-corrected chi connectivity index (χ4v) is 3.66. The van der Waals surface area contributed by atoms with Crippen LogP contribution in [0.1, 0.15) is 70.6 Å². The van der Waals surface area contributed by atoms with Gasteiger partial charge < -0.3 is 4.74 Å². The van der Waals surface area contributed by atoms with Gasteiger partial charge in [0, 0.05) is 18.9 Å². The van der Waals surface area contributed by atoms with Crippen LogP contribution < -0.4 is 0 Å². The van der Waals surface area contributed by atoms with Crippen molar-refractivity contribution in [1.82, 2.24) is 0 Å². The molecule has 0 aromatic carbocycles. The van der Waals surface area contributed by atoms with E-state index in [2.05, 4.69) is 0 Å². The van der Waals surface area contributed by atoms with Gasteiger partial charge in [-0.05, 0) is 38.5 Å². The molecular weight excluding hydrogens is 224 g/mol. The number of methoxy groups -OCH3 is 1. The molecule has 0 amide bonds. The van der Waals surface area contributed by atoms with Gasteiger partial charge in [0.25, 0.3) is 0 Å². The Bertz CT molecular complexity index is 246. The zero-order valence-corrected chi connectivity index (χ0v) is 11.8. The maximum absolute atomic E-state index is 12.6. The molecule has 18 heavy (non-hydrogen) atoms. The first-order chi connectivity index (χ1) is 8.81. The number of hydrogen-bond donors (Lipinski definition) is 0. The average Bonchev–Trinajstić information content (AvgIpc) is 2.38.